The zero-order valence-electron chi connectivity index (χ0n) is 14.8. The first kappa shape index (κ1) is 19.3. The quantitative estimate of drug-likeness (QED) is 0.659. The van der Waals surface area contributed by atoms with Crippen molar-refractivity contribution < 1.29 is 27.5 Å². The minimum atomic E-state index is -3.10. The molecule has 0 unspecified atom stereocenters. The van der Waals surface area contributed by atoms with Crippen molar-refractivity contribution in [2.75, 3.05) is 24.7 Å². The number of nitrogens with one attached hydrogen (secondary N) is 1. The van der Waals surface area contributed by atoms with E-state index in [4.69, 9.17) is 4.74 Å². The van der Waals surface area contributed by atoms with Gasteiger partial charge in [0.25, 0.3) is 11.8 Å². The summed E-state index contributed by atoms with van der Waals surface area (Å²) in [5, 5.41) is 2.43. The molecule has 1 aromatic rings. The van der Waals surface area contributed by atoms with Crippen LogP contribution < -0.4 is 5.32 Å². The highest BCUT2D eigenvalue weighted by Crippen LogP contribution is 2.32. The first-order chi connectivity index (χ1) is 12.9. The fraction of sp³-hybridized carbons (Fsp3) is 0.500. The standard InChI is InChI=1S/C18H22N2O6S/c21-16(20(14-6-7-14)15-8-9-27(24,25)12-15)11-26-17(22)10-19-18(23)13-4-2-1-3-5-13/h1-5,14-15H,6-12H2,(H,19,23)/t15-/m0/s1. The van der Waals surface area contributed by atoms with Gasteiger partial charge in [0.1, 0.15) is 6.54 Å². The van der Waals surface area contributed by atoms with E-state index < -0.39 is 28.3 Å². The first-order valence-electron chi connectivity index (χ1n) is 8.86. The van der Waals surface area contributed by atoms with Crippen LogP contribution in [-0.2, 0) is 24.2 Å². The smallest absolute Gasteiger partial charge is 0.325 e. The maximum atomic E-state index is 12.5. The summed E-state index contributed by atoms with van der Waals surface area (Å²) in [6.07, 6.45) is 2.10. The molecule has 1 heterocycles. The molecular formula is C18H22N2O6S. The SMILES string of the molecule is O=C(CNC(=O)c1ccccc1)OCC(=O)N(C1CC1)[C@H]1CCS(=O)(=O)C1. The van der Waals surface area contributed by atoms with Gasteiger partial charge in [-0.25, -0.2) is 8.42 Å². The number of benzene rings is 1. The van der Waals surface area contributed by atoms with Gasteiger partial charge in [-0.15, -0.1) is 0 Å². The second kappa shape index (κ2) is 8.08. The van der Waals surface area contributed by atoms with Gasteiger partial charge in [0.15, 0.2) is 16.4 Å². The third-order valence-corrected chi connectivity index (χ3v) is 6.37. The number of nitrogens with zero attached hydrogens (tertiary/aromatic N) is 1. The van der Waals surface area contributed by atoms with Crippen LogP contribution in [0.25, 0.3) is 0 Å². The second-order valence-corrected chi connectivity index (χ2v) is 9.03. The van der Waals surface area contributed by atoms with Crippen molar-refractivity contribution >= 4 is 27.6 Å². The molecule has 1 N–H and O–H groups in total. The third-order valence-electron chi connectivity index (χ3n) is 4.62. The number of ether oxygens (including phenoxy) is 1. The monoisotopic (exact) mass is 394 g/mol. The molecule has 1 saturated heterocycles. The fourth-order valence-electron chi connectivity index (χ4n) is 3.16. The highest BCUT2D eigenvalue weighted by Gasteiger charge is 2.42. The maximum Gasteiger partial charge on any atom is 0.325 e. The Bertz CT molecular complexity index is 820. The van der Waals surface area contributed by atoms with Crippen LogP contribution in [0.15, 0.2) is 30.3 Å². The van der Waals surface area contributed by atoms with Crippen LogP contribution in [0, 0.1) is 0 Å². The van der Waals surface area contributed by atoms with E-state index in [-0.39, 0.29) is 36.0 Å². The van der Waals surface area contributed by atoms with Gasteiger partial charge in [-0.1, -0.05) is 18.2 Å². The van der Waals surface area contributed by atoms with Crippen molar-refractivity contribution in [2.24, 2.45) is 0 Å². The van der Waals surface area contributed by atoms with Gasteiger partial charge in [-0.3, -0.25) is 14.4 Å². The molecule has 3 rings (SSSR count). The van der Waals surface area contributed by atoms with E-state index in [0.717, 1.165) is 12.8 Å². The Morgan fingerprint density at radius 3 is 2.37 bits per heavy atom. The molecule has 1 atom stereocenters. The van der Waals surface area contributed by atoms with Gasteiger partial charge >= 0.3 is 5.97 Å². The Kier molecular flexibility index (Phi) is 5.79. The van der Waals surface area contributed by atoms with Crippen LogP contribution >= 0.6 is 0 Å². The normalized spacial score (nSPS) is 20.7. The summed E-state index contributed by atoms with van der Waals surface area (Å²) in [6, 6.07) is 8.13. The van der Waals surface area contributed by atoms with Crippen molar-refractivity contribution in [3.63, 3.8) is 0 Å². The van der Waals surface area contributed by atoms with E-state index >= 15 is 0 Å². The topological polar surface area (TPSA) is 110 Å². The van der Waals surface area contributed by atoms with Crippen LogP contribution in [0.1, 0.15) is 29.6 Å². The lowest BCUT2D eigenvalue weighted by Crippen LogP contribution is -2.45. The lowest BCUT2D eigenvalue weighted by Gasteiger charge is -2.28. The number of rotatable bonds is 7. The van der Waals surface area contributed by atoms with Crippen molar-refractivity contribution in [1.29, 1.82) is 0 Å². The molecular weight excluding hydrogens is 372 g/mol. The lowest BCUT2D eigenvalue weighted by atomic mass is 10.2. The minimum absolute atomic E-state index is 0.0314. The third kappa shape index (κ3) is 5.29. The molecule has 2 fully saturated rings. The molecule has 0 spiro atoms. The van der Waals surface area contributed by atoms with Gasteiger partial charge in [0.2, 0.25) is 0 Å². The number of hydrogen-bond donors (Lipinski definition) is 1. The van der Waals surface area contributed by atoms with Gasteiger partial charge in [-0.05, 0) is 31.4 Å². The summed E-state index contributed by atoms with van der Waals surface area (Å²) in [4.78, 5) is 37.7. The Balaban J connectivity index is 1.46. The van der Waals surface area contributed by atoms with E-state index in [1.54, 1.807) is 35.2 Å². The molecule has 0 radical (unpaired) electrons. The maximum absolute atomic E-state index is 12.5. The van der Waals surface area contributed by atoms with Crippen LogP contribution in [0.3, 0.4) is 0 Å². The summed E-state index contributed by atoms with van der Waals surface area (Å²) in [5.74, 6) is -1.46. The predicted octanol–water partition coefficient (Wildman–Crippen LogP) is 0.138. The lowest BCUT2D eigenvalue weighted by molar-refractivity contribution is -0.152. The van der Waals surface area contributed by atoms with Crippen molar-refractivity contribution in [3.05, 3.63) is 35.9 Å². The van der Waals surface area contributed by atoms with Crippen LogP contribution in [0.5, 0.6) is 0 Å². The van der Waals surface area contributed by atoms with E-state index in [1.807, 2.05) is 0 Å². The molecule has 146 valence electrons. The zero-order valence-corrected chi connectivity index (χ0v) is 15.6. The largest absolute Gasteiger partial charge is 0.454 e. The number of sulfone groups is 1. The molecule has 27 heavy (non-hydrogen) atoms. The summed E-state index contributed by atoms with van der Waals surface area (Å²) >= 11 is 0. The highest BCUT2D eigenvalue weighted by atomic mass is 32.2. The second-order valence-electron chi connectivity index (χ2n) is 6.80. The zero-order chi connectivity index (χ0) is 19.4. The number of carbonyl (C=O) groups is 3. The van der Waals surface area contributed by atoms with Gasteiger partial charge < -0.3 is 15.0 Å². The van der Waals surface area contributed by atoms with Crippen LogP contribution in [-0.4, -0.2) is 67.8 Å². The number of esters is 1. The Morgan fingerprint density at radius 1 is 1.07 bits per heavy atom. The average Bonchev–Trinajstić information content (AvgIpc) is 3.41. The van der Waals surface area contributed by atoms with E-state index in [2.05, 4.69) is 5.32 Å². The molecule has 1 saturated carbocycles. The Morgan fingerprint density at radius 2 is 1.78 bits per heavy atom. The van der Waals surface area contributed by atoms with E-state index in [9.17, 15) is 22.8 Å². The predicted molar refractivity (Wildman–Crippen MR) is 96.7 cm³/mol. The first-order valence-corrected chi connectivity index (χ1v) is 10.7. The van der Waals surface area contributed by atoms with Crippen molar-refractivity contribution in [1.82, 2.24) is 10.2 Å². The van der Waals surface area contributed by atoms with E-state index in [1.165, 1.54) is 0 Å². The molecule has 0 bridgehead atoms. The summed E-state index contributed by atoms with van der Waals surface area (Å²) in [5.41, 5.74) is 0.420. The fourth-order valence-corrected chi connectivity index (χ4v) is 4.88. The van der Waals surface area contributed by atoms with Crippen LogP contribution in [0.2, 0.25) is 0 Å². The molecule has 1 aliphatic heterocycles. The number of hydrogen-bond acceptors (Lipinski definition) is 6. The average molecular weight is 394 g/mol. The molecule has 1 aliphatic carbocycles. The van der Waals surface area contributed by atoms with E-state index in [0.29, 0.717) is 12.0 Å². The van der Waals surface area contributed by atoms with Gasteiger partial charge in [0, 0.05) is 17.6 Å². The van der Waals surface area contributed by atoms with Gasteiger partial charge in [0.05, 0.1) is 11.5 Å². The van der Waals surface area contributed by atoms with Crippen molar-refractivity contribution in [3.8, 4) is 0 Å². The molecule has 9 heteroatoms. The molecule has 1 aromatic carbocycles. The molecule has 0 aromatic heterocycles. The summed E-state index contributed by atoms with van der Waals surface area (Å²) in [7, 11) is -3.10. The Hall–Kier alpha value is -2.42. The minimum Gasteiger partial charge on any atom is -0.454 e. The Labute approximate surface area is 157 Å². The summed E-state index contributed by atoms with van der Waals surface area (Å²) in [6.45, 7) is -0.796. The number of carbonyl (C=O) groups excluding carboxylic acids is 3. The van der Waals surface area contributed by atoms with Crippen molar-refractivity contribution in [2.45, 2.75) is 31.3 Å². The van der Waals surface area contributed by atoms with Crippen LogP contribution in [0.4, 0.5) is 0 Å². The highest BCUT2D eigenvalue weighted by molar-refractivity contribution is 7.91. The number of amides is 2. The molecule has 2 aliphatic rings. The molecule has 8 nitrogen and oxygen atoms in total. The van der Waals surface area contributed by atoms with Gasteiger partial charge in [-0.2, -0.15) is 0 Å². The molecule has 2 amide bonds. The summed E-state index contributed by atoms with van der Waals surface area (Å²) < 4.78 is 28.3.